The van der Waals surface area contributed by atoms with Crippen LogP contribution in [0.15, 0.2) is 22.4 Å². The first-order valence-electron chi connectivity index (χ1n) is 7.89. The van der Waals surface area contributed by atoms with Gasteiger partial charge in [-0.15, -0.1) is 22.7 Å². The Morgan fingerprint density at radius 2 is 2.08 bits per heavy atom. The summed E-state index contributed by atoms with van der Waals surface area (Å²) in [6.07, 6.45) is 3.59. The molecule has 3 rings (SSSR count). The van der Waals surface area contributed by atoms with Gasteiger partial charge in [-0.3, -0.25) is 5.32 Å². The lowest BCUT2D eigenvalue weighted by atomic mass is 10.2. The van der Waals surface area contributed by atoms with Crippen LogP contribution in [0.3, 0.4) is 0 Å². The second-order valence-corrected chi connectivity index (χ2v) is 9.97. The predicted octanol–water partition coefficient (Wildman–Crippen LogP) is 4.91. The minimum Gasteiger partial charge on any atom is -0.444 e. The molecular formula is C16H18BrN5O2S2. The van der Waals surface area contributed by atoms with Crippen LogP contribution in [0, 0.1) is 0 Å². The molecular weight excluding hydrogens is 438 g/mol. The van der Waals surface area contributed by atoms with E-state index in [9.17, 15) is 4.79 Å². The Hall–Kier alpha value is -1.78. The lowest BCUT2D eigenvalue weighted by Gasteiger charge is -2.18. The van der Waals surface area contributed by atoms with E-state index in [0.29, 0.717) is 11.7 Å². The molecule has 0 aliphatic heterocycles. The van der Waals surface area contributed by atoms with Crippen LogP contribution in [0.2, 0.25) is 0 Å². The number of amides is 1. The van der Waals surface area contributed by atoms with Gasteiger partial charge in [-0.25, -0.2) is 19.7 Å². The number of nitrogens with zero attached hydrogens (tertiary/aromatic N) is 3. The molecule has 3 aromatic heterocycles. The van der Waals surface area contributed by atoms with E-state index in [1.165, 1.54) is 11.3 Å². The van der Waals surface area contributed by atoms with Crippen molar-refractivity contribution in [2.75, 3.05) is 17.2 Å². The Bertz CT molecular complexity index is 919. The van der Waals surface area contributed by atoms with Crippen LogP contribution in [-0.4, -0.2) is 33.2 Å². The number of nitrogens with one attached hydrogen (secondary N) is 2. The average Bonchev–Trinajstić information content (AvgIpc) is 3.11. The van der Waals surface area contributed by atoms with Gasteiger partial charge in [0.1, 0.15) is 17.7 Å². The van der Waals surface area contributed by atoms with E-state index in [1.54, 1.807) is 23.9 Å². The van der Waals surface area contributed by atoms with Gasteiger partial charge in [0.25, 0.3) is 0 Å². The van der Waals surface area contributed by atoms with Crippen molar-refractivity contribution in [3.63, 3.8) is 0 Å². The van der Waals surface area contributed by atoms with E-state index in [-0.39, 0.29) is 0 Å². The number of thiazole rings is 1. The molecule has 0 aliphatic rings. The van der Waals surface area contributed by atoms with E-state index < -0.39 is 11.7 Å². The number of carbonyl (C=O) groups excluding carboxylic acids is 1. The number of anilines is 2. The lowest BCUT2D eigenvalue weighted by molar-refractivity contribution is 0.0636. The number of rotatable bonds is 5. The van der Waals surface area contributed by atoms with E-state index in [1.807, 2.05) is 26.8 Å². The van der Waals surface area contributed by atoms with E-state index in [2.05, 4.69) is 41.5 Å². The number of ether oxygens (including phenoxy) is 1. The van der Waals surface area contributed by atoms with Crippen LogP contribution in [0.5, 0.6) is 0 Å². The molecule has 3 aromatic rings. The SMILES string of the molecule is CC(C)(C)OC(=O)Nc1ncc(CCNc2ncnc3cc(Br)sc23)s1. The normalized spacial score (nSPS) is 11.5. The maximum absolute atomic E-state index is 11.8. The second-order valence-electron chi connectivity index (χ2n) is 6.42. The molecule has 26 heavy (non-hydrogen) atoms. The average molecular weight is 456 g/mol. The van der Waals surface area contributed by atoms with E-state index in [4.69, 9.17) is 4.74 Å². The summed E-state index contributed by atoms with van der Waals surface area (Å²) < 4.78 is 7.27. The Balaban J connectivity index is 1.54. The number of fused-ring (bicyclic) bond motifs is 1. The molecule has 2 N–H and O–H groups in total. The summed E-state index contributed by atoms with van der Waals surface area (Å²) in [4.78, 5) is 25.6. The number of hydrogen-bond acceptors (Lipinski definition) is 8. The zero-order valence-electron chi connectivity index (χ0n) is 14.5. The fourth-order valence-corrected chi connectivity index (χ4v) is 4.43. The standard InChI is InChI=1S/C16H18BrN5O2S2/c1-16(2,3)24-15(23)22-14-19-7-9(25-14)4-5-18-13-12-10(20-8-21-13)6-11(17)26-12/h6-8H,4-5H2,1-3H3,(H,18,20,21)(H,19,22,23). The quantitative estimate of drug-likeness (QED) is 0.567. The van der Waals surface area contributed by atoms with Gasteiger partial charge in [-0.05, 0) is 42.8 Å². The Morgan fingerprint density at radius 3 is 2.85 bits per heavy atom. The number of hydrogen-bond donors (Lipinski definition) is 2. The van der Waals surface area contributed by atoms with Gasteiger partial charge < -0.3 is 10.1 Å². The van der Waals surface area contributed by atoms with Crippen LogP contribution in [0.25, 0.3) is 10.2 Å². The topological polar surface area (TPSA) is 89.0 Å². The maximum Gasteiger partial charge on any atom is 0.413 e. The smallest absolute Gasteiger partial charge is 0.413 e. The van der Waals surface area contributed by atoms with Crippen LogP contribution >= 0.6 is 38.6 Å². The van der Waals surface area contributed by atoms with Crippen molar-refractivity contribution >= 4 is 65.9 Å². The maximum atomic E-state index is 11.8. The summed E-state index contributed by atoms with van der Waals surface area (Å²) in [6.45, 7) is 6.17. The molecule has 0 atom stereocenters. The molecule has 7 nitrogen and oxygen atoms in total. The summed E-state index contributed by atoms with van der Waals surface area (Å²) in [5, 5.41) is 6.52. The summed E-state index contributed by atoms with van der Waals surface area (Å²) in [5.41, 5.74) is 0.384. The first-order valence-corrected chi connectivity index (χ1v) is 10.3. The van der Waals surface area contributed by atoms with Gasteiger partial charge >= 0.3 is 6.09 Å². The van der Waals surface area contributed by atoms with Gasteiger partial charge in [-0.1, -0.05) is 0 Å². The highest BCUT2D eigenvalue weighted by Gasteiger charge is 2.17. The molecule has 0 radical (unpaired) electrons. The molecule has 0 aromatic carbocycles. The number of halogens is 1. The van der Waals surface area contributed by atoms with Gasteiger partial charge in [0.2, 0.25) is 0 Å². The first kappa shape index (κ1) is 19.0. The van der Waals surface area contributed by atoms with Crippen molar-refractivity contribution < 1.29 is 9.53 Å². The molecule has 3 heterocycles. The van der Waals surface area contributed by atoms with Crippen molar-refractivity contribution in [1.29, 1.82) is 0 Å². The Labute approximate surface area is 167 Å². The van der Waals surface area contributed by atoms with Gasteiger partial charge in [-0.2, -0.15) is 0 Å². The van der Waals surface area contributed by atoms with Crippen molar-refractivity contribution in [3.8, 4) is 0 Å². The molecule has 10 heteroatoms. The number of carbonyl (C=O) groups is 1. The van der Waals surface area contributed by atoms with Gasteiger partial charge in [0.05, 0.1) is 14.0 Å². The van der Waals surface area contributed by atoms with Crippen LogP contribution < -0.4 is 10.6 Å². The van der Waals surface area contributed by atoms with Crippen molar-refractivity contribution in [1.82, 2.24) is 15.0 Å². The third-order valence-corrected chi connectivity index (χ3v) is 5.71. The molecule has 138 valence electrons. The van der Waals surface area contributed by atoms with Crippen LogP contribution in [-0.2, 0) is 11.2 Å². The highest BCUT2D eigenvalue weighted by molar-refractivity contribution is 9.11. The molecule has 0 aliphatic carbocycles. The summed E-state index contributed by atoms with van der Waals surface area (Å²) in [5.74, 6) is 0.822. The van der Waals surface area contributed by atoms with Gasteiger partial charge in [0.15, 0.2) is 5.13 Å². The van der Waals surface area contributed by atoms with Crippen LogP contribution in [0.1, 0.15) is 25.6 Å². The summed E-state index contributed by atoms with van der Waals surface area (Å²) in [7, 11) is 0. The fourth-order valence-electron chi connectivity index (χ4n) is 2.13. The number of aromatic nitrogens is 3. The van der Waals surface area contributed by atoms with E-state index >= 15 is 0 Å². The molecule has 0 unspecified atom stereocenters. The summed E-state index contributed by atoms with van der Waals surface area (Å²) >= 11 is 6.50. The first-order chi connectivity index (χ1) is 12.3. The van der Waals surface area contributed by atoms with E-state index in [0.717, 1.165) is 31.1 Å². The minimum absolute atomic E-state index is 0.497. The molecule has 0 fully saturated rings. The minimum atomic E-state index is -0.534. The second kappa shape index (κ2) is 7.85. The molecule has 1 amide bonds. The zero-order valence-corrected chi connectivity index (χ0v) is 17.7. The fraction of sp³-hybridized carbons (Fsp3) is 0.375. The molecule has 0 saturated heterocycles. The molecule has 0 spiro atoms. The van der Waals surface area contributed by atoms with Crippen molar-refractivity contribution in [2.45, 2.75) is 32.8 Å². The highest BCUT2D eigenvalue weighted by atomic mass is 79.9. The van der Waals surface area contributed by atoms with Crippen LogP contribution in [0.4, 0.5) is 15.7 Å². The highest BCUT2D eigenvalue weighted by Crippen LogP contribution is 2.32. The lowest BCUT2D eigenvalue weighted by Crippen LogP contribution is -2.27. The molecule has 0 saturated carbocycles. The molecule has 0 bridgehead atoms. The Kier molecular flexibility index (Phi) is 5.73. The largest absolute Gasteiger partial charge is 0.444 e. The monoisotopic (exact) mass is 455 g/mol. The van der Waals surface area contributed by atoms with Crippen molar-refractivity contribution in [2.24, 2.45) is 0 Å². The van der Waals surface area contributed by atoms with Crippen molar-refractivity contribution in [3.05, 3.63) is 27.3 Å². The third kappa shape index (κ3) is 5.12. The zero-order chi connectivity index (χ0) is 18.7. The number of thiophene rings is 1. The summed E-state index contributed by atoms with van der Waals surface area (Å²) in [6, 6.07) is 1.98. The van der Waals surface area contributed by atoms with Gasteiger partial charge in [0, 0.05) is 24.0 Å². The predicted molar refractivity (Wildman–Crippen MR) is 109 cm³/mol. The Morgan fingerprint density at radius 1 is 1.27 bits per heavy atom. The third-order valence-electron chi connectivity index (χ3n) is 3.11.